The fourth-order valence-electron chi connectivity index (χ4n) is 3.15. The van der Waals surface area contributed by atoms with E-state index in [4.69, 9.17) is 4.74 Å². The zero-order valence-corrected chi connectivity index (χ0v) is 15.9. The van der Waals surface area contributed by atoms with Crippen molar-refractivity contribution in [3.05, 3.63) is 5.82 Å². The van der Waals surface area contributed by atoms with Crippen LogP contribution in [0.4, 0.5) is 0 Å². The van der Waals surface area contributed by atoms with E-state index in [2.05, 4.69) is 15.5 Å². The van der Waals surface area contributed by atoms with Gasteiger partial charge >= 0.3 is 0 Å². The molecule has 140 valence electrons. The lowest BCUT2D eigenvalue weighted by Gasteiger charge is -2.10. The monoisotopic (exact) mass is 388 g/mol. The zero-order valence-electron chi connectivity index (χ0n) is 14.3. The van der Waals surface area contributed by atoms with Crippen LogP contribution in [0.15, 0.2) is 5.16 Å². The number of aromatic nitrogens is 3. The van der Waals surface area contributed by atoms with Gasteiger partial charge in [-0.1, -0.05) is 11.8 Å². The van der Waals surface area contributed by atoms with Gasteiger partial charge < -0.3 is 14.6 Å². The number of thioether (sulfide) groups is 1. The van der Waals surface area contributed by atoms with Crippen molar-refractivity contribution in [2.24, 2.45) is 13.0 Å². The second-order valence-corrected chi connectivity index (χ2v) is 9.83. The Morgan fingerprint density at radius 3 is 2.92 bits per heavy atom. The summed E-state index contributed by atoms with van der Waals surface area (Å²) in [5.41, 5.74) is 0. The molecule has 0 aromatic carbocycles. The summed E-state index contributed by atoms with van der Waals surface area (Å²) in [7, 11) is -1.03. The van der Waals surface area contributed by atoms with Gasteiger partial charge in [0.2, 0.25) is 5.91 Å². The highest BCUT2D eigenvalue weighted by atomic mass is 32.2. The molecule has 1 aromatic rings. The first-order valence-corrected chi connectivity index (χ1v) is 11.3. The van der Waals surface area contributed by atoms with Gasteiger partial charge in [0.15, 0.2) is 15.0 Å². The van der Waals surface area contributed by atoms with Crippen molar-refractivity contribution in [3.63, 3.8) is 0 Å². The van der Waals surface area contributed by atoms with Crippen LogP contribution in [0.5, 0.6) is 0 Å². The van der Waals surface area contributed by atoms with Gasteiger partial charge in [0.1, 0.15) is 5.82 Å². The van der Waals surface area contributed by atoms with Crippen LogP contribution in [0.3, 0.4) is 0 Å². The third kappa shape index (κ3) is 5.18. The Hall–Kier alpha value is -1.13. The number of nitrogens with one attached hydrogen (secondary N) is 1. The summed E-state index contributed by atoms with van der Waals surface area (Å²) in [6.07, 6.45) is 3.48. The highest BCUT2D eigenvalue weighted by Gasteiger charge is 2.29. The summed E-state index contributed by atoms with van der Waals surface area (Å²) in [5.74, 6) is 1.60. The Bertz CT molecular complexity index is 713. The van der Waals surface area contributed by atoms with Gasteiger partial charge in [-0.25, -0.2) is 8.42 Å². The average Bonchev–Trinajstić information content (AvgIpc) is 3.27. The van der Waals surface area contributed by atoms with E-state index >= 15 is 0 Å². The van der Waals surface area contributed by atoms with Gasteiger partial charge in [0.25, 0.3) is 0 Å². The van der Waals surface area contributed by atoms with E-state index in [1.807, 2.05) is 11.6 Å². The Kier molecular flexibility index (Phi) is 6.00. The van der Waals surface area contributed by atoms with E-state index in [9.17, 15) is 13.2 Å². The maximum Gasteiger partial charge on any atom is 0.230 e. The molecule has 8 nitrogen and oxygen atoms in total. The first-order chi connectivity index (χ1) is 11.9. The molecule has 0 aliphatic carbocycles. The molecule has 2 atom stereocenters. The number of rotatable bonds is 7. The Balaban J connectivity index is 1.45. The van der Waals surface area contributed by atoms with E-state index in [0.29, 0.717) is 24.5 Å². The summed E-state index contributed by atoms with van der Waals surface area (Å²) < 4.78 is 30.4. The first kappa shape index (κ1) is 18.7. The van der Waals surface area contributed by atoms with Crippen LogP contribution in [0, 0.1) is 5.92 Å². The van der Waals surface area contributed by atoms with Crippen molar-refractivity contribution >= 4 is 27.5 Å². The summed E-state index contributed by atoms with van der Waals surface area (Å²) in [6.45, 7) is 1.33. The van der Waals surface area contributed by atoms with E-state index in [0.717, 1.165) is 25.3 Å². The van der Waals surface area contributed by atoms with Crippen molar-refractivity contribution < 1.29 is 17.9 Å². The minimum atomic E-state index is -2.88. The van der Waals surface area contributed by atoms with E-state index in [1.54, 1.807) is 0 Å². The molecule has 10 heteroatoms. The molecule has 1 aromatic heterocycles. The summed E-state index contributed by atoms with van der Waals surface area (Å²) in [4.78, 5) is 11.9. The summed E-state index contributed by atoms with van der Waals surface area (Å²) >= 11 is 1.33. The Labute approximate surface area is 152 Å². The normalized spacial score (nSPS) is 25.3. The average molecular weight is 389 g/mol. The number of hydrogen-bond acceptors (Lipinski definition) is 7. The fraction of sp³-hybridized carbons (Fsp3) is 0.800. The van der Waals surface area contributed by atoms with Gasteiger partial charge in [-0.05, 0) is 25.2 Å². The molecule has 0 saturated carbocycles. The molecular formula is C15H24N4O4S2. The van der Waals surface area contributed by atoms with E-state index in [-0.39, 0.29) is 35.2 Å². The molecule has 3 rings (SSSR count). The molecule has 1 amide bonds. The largest absolute Gasteiger partial charge is 0.376 e. The number of ether oxygens (including phenoxy) is 1. The molecule has 1 N–H and O–H groups in total. The highest BCUT2D eigenvalue weighted by molar-refractivity contribution is 7.99. The Morgan fingerprint density at radius 2 is 2.24 bits per heavy atom. The predicted octanol–water partition coefficient (Wildman–Crippen LogP) is 0.180. The molecule has 0 spiro atoms. The van der Waals surface area contributed by atoms with E-state index in [1.165, 1.54) is 11.8 Å². The van der Waals surface area contributed by atoms with Crippen LogP contribution in [-0.4, -0.2) is 65.6 Å². The molecule has 2 fully saturated rings. The van der Waals surface area contributed by atoms with Crippen LogP contribution >= 0.6 is 11.8 Å². The number of hydrogen-bond donors (Lipinski definition) is 1. The van der Waals surface area contributed by atoms with Crippen molar-refractivity contribution in [3.8, 4) is 0 Å². The molecule has 25 heavy (non-hydrogen) atoms. The van der Waals surface area contributed by atoms with Gasteiger partial charge in [0.05, 0.1) is 23.4 Å². The minimum absolute atomic E-state index is 0.0491. The van der Waals surface area contributed by atoms with Gasteiger partial charge in [-0.3, -0.25) is 4.79 Å². The maximum atomic E-state index is 11.9. The van der Waals surface area contributed by atoms with Crippen LogP contribution < -0.4 is 5.32 Å². The molecule has 2 aliphatic rings. The SMILES string of the molecule is Cn1c(C[C@H]2CCS(=O)(=O)C2)nnc1SCC(=O)NC[C@H]1CCCO1. The molecule has 0 unspecified atom stereocenters. The lowest BCUT2D eigenvalue weighted by molar-refractivity contribution is -0.119. The fourth-order valence-corrected chi connectivity index (χ4v) is 5.78. The Morgan fingerprint density at radius 1 is 1.40 bits per heavy atom. The lowest BCUT2D eigenvalue weighted by atomic mass is 10.1. The zero-order chi connectivity index (χ0) is 17.9. The quantitative estimate of drug-likeness (QED) is 0.665. The number of amides is 1. The molecule has 0 bridgehead atoms. The first-order valence-electron chi connectivity index (χ1n) is 8.53. The van der Waals surface area contributed by atoms with Crippen molar-refractivity contribution in [1.29, 1.82) is 0 Å². The van der Waals surface area contributed by atoms with Crippen LogP contribution in [0.25, 0.3) is 0 Å². The predicted molar refractivity (Wildman–Crippen MR) is 94.2 cm³/mol. The number of carbonyl (C=O) groups excluding carboxylic acids is 1. The van der Waals surface area contributed by atoms with Crippen molar-refractivity contribution in [2.45, 2.75) is 36.9 Å². The van der Waals surface area contributed by atoms with Crippen molar-refractivity contribution in [1.82, 2.24) is 20.1 Å². The third-order valence-corrected chi connectivity index (χ3v) is 7.46. The molecule has 0 radical (unpaired) electrons. The number of carbonyl (C=O) groups is 1. The second-order valence-electron chi connectivity index (χ2n) is 6.66. The number of nitrogens with zero attached hydrogens (tertiary/aromatic N) is 3. The van der Waals surface area contributed by atoms with E-state index < -0.39 is 9.84 Å². The van der Waals surface area contributed by atoms with Crippen molar-refractivity contribution in [2.75, 3.05) is 30.4 Å². The standard InChI is InChI=1S/C15H24N4O4S2/c1-19-13(7-11-4-6-25(21,22)10-11)17-18-15(19)24-9-14(20)16-8-12-3-2-5-23-12/h11-12H,2-10H2,1H3,(H,16,20)/t11-,12-/m1/s1. The maximum absolute atomic E-state index is 11.9. The van der Waals surface area contributed by atoms with Gasteiger partial charge in [0, 0.05) is 26.6 Å². The molecule has 3 heterocycles. The van der Waals surface area contributed by atoms with Crippen LogP contribution in [0.1, 0.15) is 25.1 Å². The summed E-state index contributed by atoms with van der Waals surface area (Å²) in [6, 6.07) is 0. The molecule has 2 aliphatic heterocycles. The minimum Gasteiger partial charge on any atom is -0.376 e. The number of sulfone groups is 1. The van der Waals surface area contributed by atoms with Gasteiger partial charge in [-0.2, -0.15) is 0 Å². The van der Waals surface area contributed by atoms with Crippen LogP contribution in [-0.2, 0) is 32.8 Å². The highest BCUT2D eigenvalue weighted by Crippen LogP contribution is 2.23. The second kappa shape index (κ2) is 8.05. The van der Waals surface area contributed by atoms with Crippen LogP contribution in [0.2, 0.25) is 0 Å². The lowest BCUT2D eigenvalue weighted by Crippen LogP contribution is -2.32. The topological polar surface area (TPSA) is 103 Å². The van der Waals surface area contributed by atoms with Gasteiger partial charge in [-0.15, -0.1) is 10.2 Å². The smallest absolute Gasteiger partial charge is 0.230 e. The third-order valence-electron chi connectivity index (χ3n) is 4.61. The summed E-state index contributed by atoms with van der Waals surface area (Å²) in [5, 5.41) is 11.8. The molecule has 2 saturated heterocycles. The molecular weight excluding hydrogens is 364 g/mol.